The summed E-state index contributed by atoms with van der Waals surface area (Å²) in [5, 5.41) is 2.93. The summed E-state index contributed by atoms with van der Waals surface area (Å²) >= 11 is 1.36. The second-order valence-corrected chi connectivity index (χ2v) is 6.30. The molecule has 1 N–H and O–H groups in total. The molecule has 2 fully saturated rings. The van der Waals surface area contributed by atoms with E-state index in [-0.39, 0.29) is 30.4 Å². The Kier molecular flexibility index (Phi) is 2.86. The molecule has 22 heavy (non-hydrogen) atoms. The zero-order chi connectivity index (χ0) is 15.3. The number of hydrogen-bond donors (Lipinski definition) is 1. The van der Waals surface area contributed by atoms with Gasteiger partial charge in [-0.1, -0.05) is 12.1 Å². The number of benzene rings is 1. The molecule has 112 valence electrons. The number of nitrogens with zero attached hydrogens (tertiary/aromatic N) is 3. The second-order valence-electron chi connectivity index (χ2n) is 5.27. The number of nitrogens with one attached hydrogen (secondary N) is 1. The molecule has 3 heterocycles. The van der Waals surface area contributed by atoms with E-state index in [1.54, 1.807) is 4.90 Å². The van der Waals surface area contributed by atoms with Crippen LogP contribution in [-0.2, 0) is 4.79 Å². The van der Waals surface area contributed by atoms with Crippen LogP contribution >= 0.6 is 11.3 Å². The maximum atomic E-state index is 12.4. The number of urea groups is 1. The minimum absolute atomic E-state index is 0.0428. The van der Waals surface area contributed by atoms with Gasteiger partial charge < -0.3 is 10.2 Å². The number of carbonyl (C=O) groups excluding carboxylic acids is 3. The van der Waals surface area contributed by atoms with Gasteiger partial charge in [-0.25, -0.2) is 9.78 Å². The summed E-state index contributed by atoms with van der Waals surface area (Å²) in [4.78, 5) is 42.7. The molecule has 2 aliphatic heterocycles. The average Bonchev–Trinajstić information content (AvgIpc) is 3.03. The van der Waals surface area contributed by atoms with Gasteiger partial charge in [-0.15, -0.1) is 11.3 Å². The van der Waals surface area contributed by atoms with Gasteiger partial charge in [0.15, 0.2) is 5.01 Å². The summed E-state index contributed by atoms with van der Waals surface area (Å²) in [5.41, 5.74) is 0.807. The minimum Gasteiger partial charge on any atom is -0.332 e. The summed E-state index contributed by atoms with van der Waals surface area (Å²) in [6.45, 7) is 0.781. The van der Waals surface area contributed by atoms with Crippen LogP contribution in [0.25, 0.3) is 10.2 Å². The van der Waals surface area contributed by atoms with Crippen molar-refractivity contribution in [2.45, 2.75) is 6.04 Å². The summed E-state index contributed by atoms with van der Waals surface area (Å²) < 4.78 is 0.969. The van der Waals surface area contributed by atoms with E-state index in [1.165, 1.54) is 16.2 Å². The molecule has 2 aromatic rings. The minimum atomic E-state index is -0.373. The van der Waals surface area contributed by atoms with Gasteiger partial charge in [0.1, 0.15) is 0 Å². The van der Waals surface area contributed by atoms with Gasteiger partial charge in [0.05, 0.1) is 22.8 Å². The Labute approximate surface area is 129 Å². The molecule has 0 radical (unpaired) electrons. The Bertz CT molecular complexity index is 747. The lowest BCUT2D eigenvalue weighted by molar-refractivity contribution is -0.128. The Morgan fingerprint density at radius 1 is 1.27 bits per heavy atom. The quantitative estimate of drug-likeness (QED) is 0.826. The van der Waals surface area contributed by atoms with Crippen LogP contribution in [-0.4, -0.2) is 58.3 Å². The van der Waals surface area contributed by atoms with Crippen LogP contribution in [0.4, 0.5) is 4.79 Å². The number of fused-ring (bicyclic) bond motifs is 1. The molecule has 0 aliphatic carbocycles. The van der Waals surface area contributed by atoms with E-state index in [0.29, 0.717) is 18.1 Å². The van der Waals surface area contributed by atoms with Crippen molar-refractivity contribution in [2.75, 3.05) is 19.6 Å². The van der Waals surface area contributed by atoms with Gasteiger partial charge in [-0.2, -0.15) is 0 Å². The van der Waals surface area contributed by atoms with Crippen LogP contribution in [0.2, 0.25) is 0 Å². The number of likely N-dealkylation sites (tertiary alicyclic amines) is 1. The number of thiazole rings is 1. The third-order valence-electron chi connectivity index (χ3n) is 3.87. The normalized spacial score (nSPS) is 18.7. The first-order valence-electron chi connectivity index (χ1n) is 6.88. The number of carbonyl (C=O) groups is 3. The van der Waals surface area contributed by atoms with Crippen LogP contribution in [0, 0.1) is 0 Å². The van der Waals surface area contributed by atoms with Gasteiger partial charge in [0.2, 0.25) is 5.91 Å². The third kappa shape index (κ3) is 1.95. The summed E-state index contributed by atoms with van der Waals surface area (Å²) in [6.07, 6.45) is 0. The molecular weight excluding hydrogens is 304 g/mol. The summed E-state index contributed by atoms with van der Waals surface area (Å²) in [6, 6.07) is 6.99. The summed E-state index contributed by atoms with van der Waals surface area (Å²) in [7, 11) is 0. The van der Waals surface area contributed by atoms with Gasteiger partial charge in [0.25, 0.3) is 5.91 Å². The predicted octanol–water partition coefficient (Wildman–Crippen LogP) is 0.672. The molecule has 7 nitrogen and oxygen atoms in total. The number of rotatable bonds is 2. The SMILES string of the molecule is O=C(c1nc2ccccc2s1)N1CC(N2C(=O)CNC2=O)C1. The Morgan fingerprint density at radius 2 is 2.05 bits per heavy atom. The molecule has 0 bridgehead atoms. The van der Waals surface area contributed by atoms with E-state index in [2.05, 4.69) is 10.3 Å². The molecule has 4 amide bonds. The maximum absolute atomic E-state index is 12.4. The fraction of sp³-hybridized carbons (Fsp3) is 0.286. The Balaban J connectivity index is 1.47. The van der Waals surface area contributed by atoms with Crippen molar-refractivity contribution >= 4 is 39.4 Å². The van der Waals surface area contributed by atoms with Crippen LogP contribution in [0.1, 0.15) is 9.80 Å². The Morgan fingerprint density at radius 3 is 2.73 bits per heavy atom. The van der Waals surface area contributed by atoms with Gasteiger partial charge >= 0.3 is 6.03 Å². The monoisotopic (exact) mass is 316 g/mol. The molecule has 0 unspecified atom stereocenters. The fourth-order valence-electron chi connectivity index (χ4n) is 2.69. The third-order valence-corrected chi connectivity index (χ3v) is 4.89. The van der Waals surface area contributed by atoms with Crippen molar-refractivity contribution < 1.29 is 14.4 Å². The van der Waals surface area contributed by atoms with Gasteiger partial charge in [0, 0.05) is 13.1 Å². The molecule has 8 heteroatoms. The van der Waals surface area contributed by atoms with E-state index in [1.807, 2.05) is 24.3 Å². The number of amides is 4. The number of aromatic nitrogens is 1. The lowest BCUT2D eigenvalue weighted by atomic mass is 10.1. The molecule has 0 spiro atoms. The zero-order valence-corrected chi connectivity index (χ0v) is 12.3. The van der Waals surface area contributed by atoms with E-state index in [9.17, 15) is 14.4 Å². The van der Waals surface area contributed by atoms with E-state index in [4.69, 9.17) is 0 Å². The zero-order valence-electron chi connectivity index (χ0n) is 11.5. The van der Waals surface area contributed by atoms with Gasteiger partial charge in [-0.05, 0) is 12.1 Å². The highest BCUT2D eigenvalue weighted by Crippen LogP contribution is 2.25. The second kappa shape index (κ2) is 4.77. The van der Waals surface area contributed by atoms with E-state index < -0.39 is 0 Å². The van der Waals surface area contributed by atoms with Crippen molar-refractivity contribution in [3.05, 3.63) is 29.3 Å². The first-order valence-corrected chi connectivity index (χ1v) is 7.70. The Hall–Kier alpha value is -2.48. The van der Waals surface area contributed by atoms with Crippen molar-refractivity contribution in [1.29, 1.82) is 0 Å². The van der Waals surface area contributed by atoms with Crippen molar-refractivity contribution in [2.24, 2.45) is 0 Å². The van der Waals surface area contributed by atoms with Crippen molar-refractivity contribution in [3.63, 3.8) is 0 Å². The van der Waals surface area contributed by atoms with Crippen molar-refractivity contribution in [1.82, 2.24) is 20.1 Å². The smallest absolute Gasteiger partial charge is 0.324 e. The lowest BCUT2D eigenvalue weighted by Crippen LogP contribution is -2.62. The standard InChI is InChI=1S/C14H12N4O3S/c19-11-5-15-14(21)18(11)8-6-17(7-8)13(20)12-16-9-3-1-2-4-10(9)22-12/h1-4,8H,5-7H2,(H,15,21). The number of hydrogen-bond acceptors (Lipinski definition) is 5. The first-order chi connectivity index (χ1) is 10.6. The molecule has 2 saturated heterocycles. The molecular formula is C14H12N4O3S. The largest absolute Gasteiger partial charge is 0.332 e. The molecule has 0 saturated carbocycles. The van der Waals surface area contributed by atoms with Crippen molar-refractivity contribution in [3.8, 4) is 0 Å². The molecule has 2 aliphatic rings. The van der Waals surface area contributed by atoms with E-state index >= 15 is 0 Å². The number of imide groups is 1. The van der Waals surface area contributed by atoms with Crippen LogP contribution in [0.3, 0.4) is 0 Å². The average molecular weight is 316 g/mol. The number of para-hydroxylation sites is 1. The van der Waals surface area contributed by atoms with Crippen LogP contribution in [0.15, 0.2) is 24.3 Å². The lowest BCUT2D eigenvalue weighted by Gasteiger charge is -2.41. The highest BCUT2D eigenvalue weighted by molar-refractivity contribution is 7.20. The molecule has 1 aromatic heterocycles. The summed E-state index contributed by atoms with van der Waals surface area (Å²) in [5.74, 6) is -0.383. The topological polar surface area (TPSA) is 82.6 Å². The first kappa shape index (κ1) is 13.2. The molecule has 0 atom stereocenters. The van der Waals surface area contributed by atoms with Crippen LogP contribution in [0.5, 0.6) is 0 Å². The van der Waals surface area contributed by atoms with Crippen LogP contribution < -0.4 is 5.32 Å². The highest BCUT2D eigenvalue weighted by atomic mass is 32.1. The van der Waals surface area contributed by atoms with Gasteiger partial charge in [-0.3, -0.25) is 14.5 Å². The maximum Gasteiger partial charge on any atom is 0.324 e. The molecule has 4 rings (SSSR count). The van der Waals surface area contributed by atoms with E-state index in [0.717, 1.165) is 10.2 Å². The molecule has 1 aromatic carbocycles. The highest BCUT2D eigenvalue weighted by Gasteiger charge is 2.43. The fourth-order valence-corrected chi connectivity index (χ4v) is 3.62. The predicted molar refractivity (Wildman–Crippen MR) is 79.6 cm³/mol.